The zero-order valence-electron chi connectivity index (χ0n) is 23.0. The van der Waals surface area contributed by atoms with Gasteiger partial charge in [0.15, 0.2) is 0 Å². The number of nitrogens with zero attached hydrogens (tertiary/aromatic N) is 3. The van der Waals surface area contributed by atoms with Crippen molar-refractivity contribution in [3.63, 3.8) is 0 Å². The molecule has 0 radical (unpaired) electrons. The van der Waals surface area contributed by atoms with Crippen LogP contribution in [0.15, 0.2) is 48.4 Å². The Kier molecular flexibility index (Phi) is 7.14. The molecule has 1 aliphatic carbocycles. The van der Waals surface area contributed by atoms with Crippen molar-refractivity contribution in [2.45, 2.75) is 90.0 Å². The second kappa shape index (κ2) is 9.75. The molecule has 0 spiro atoms. The summed E-state index contributed by atoms with van der Waals surface area (Å²) in [5.41, 5.74) is 10.3. The molecule has 7 heteroatoms. The van der Waals surface area contributed by atoms with Gasteiger partial charge in [-0.05, 0) is 68.6 Å². The molecular weight excluding hydrogens is 468 g/mol. The maximum atomic E-state index is 16.0. The summed E-state index contributed by atoms with van der Waals surface area (Å²) in [6, 6.07) is 10.5. The van der Waals surface area contributed by atoms with Crippen LogP contribution < -0.4 is 11.6 Å². The smallest absolute Gasteiger partial charge is 0.129 e. The van der Waals surface area contributed by atoms with Crippen molar-refractivity contribution >= 4 is 16.7 Å². The fourth-order valence-electron chi connectivity index (χ4n) is 5.33. The number of alkyl halides is 2. The molecule has 0 bridgehead atoms. The van der Waals surface area contributed by atoms with E-state index in [2.05, 4.69) is 45.0 Å². The lowest BCUT2D eigenvalue weighted by atomic mass is 9.79. The summed E-state index contributed by atoms with van der Waals surface area (Å²) in [5, 5.41) is 1.47. The third-order valence-electron chi connectivity index (χ3n) is 8.22. The third-order valence-corrected chi connectivity index (χ3v) is 8.22. The maximum absolute atomic E-state index is 16.0. The second-order valence-electron chi connectivity index (χ2n) is 11.8. The van der Waals surface area contributed by atoms with Gasteiger partial charge in [-0.3, -0.25) is 4.98 Å². The van der Waals surface area contributed by atoms with Gasteiger partial charge in [0, 0.05) is 36.3 Å². The maximum Gasteiger partial charge on any atom is 0.129 e. The number of fused-ring (bicyclic) bond motifs is 1. The molecule has 3 aromatic rings. The molecule has 4 N–H and O–H groups in total. The topological polar surface area (TPSA) is 73.1 Å². The highest BCUT2D eigenvalue weighted by Crippen LogP contribution is 2.42. The highest BCUT2D eigenvalue weighted by atomic mass is 19.1. The van der Waals surface area contributed by atoms with Crippen molar-refractivity contribution in [2.24, 2.45) is 11.6 Å². The molecule has 0 saturated heterocycles. The number of allylic oxidation sites excluding steroid dienone is 1. The minimum Gasteiger partial charge on any atom is -0.401 e. The number of hydrazine groups is 1. The Morgan fingerprint density at radius 2 is 1.76 bits per heavy atom. The van der Waals surface area contributed by atoms with Gasteiger partial charge in [0.1, 0.15) is 11.3 Å². The van der Waals surface area contributed by atoms with Crippen LogP contribution >= 0.6 is 0 Å². The second-order valence-corrected chi connectivity index (χ2v) is 11.8. The summed E-state index contributed by atoms with van der Waals surface area (Å²) in [5.74, 6) is 6.07. The van der Waals surface area contributed by atoms with E-state index in [1.54, 1.807) is 27.1 Å². The molecule has 5 nitrogen and oxygen atoms in total. The van der Waals surface area contributed by atoms with Crippen LogP contribution in [0.4, 0.5) is 8.78 Å². The highest BCUT2D eigenvalue weighted by Gasteiger charge is 2.41. The van der Waals surface area contributed by atoms with Crippen LogP contribution in [-0.2, 0) is 12.0 Å². The SMILES string of the molecule is CCC(C)(C)c1ccc(-c2cn(CC3(F)CCC(C)(F)CC3)c3cc(/C(=C(\C)N)N(C)N)cnc23)cc1. The van der Waals surface area contributed by atoms with Gasteiger partial charge in [-0.15, -0.1) is 0 Å². The van der Waals surface area contributed by atoms with E-state index in [4.69, 9.17) is 16.6 Å². The summed E-state index contributed by atoms with van der Waals surface area (Å²) >= 11 is 0. The van der Waals surface area contributed by atoms with Crippen molar-refractivity contribution in [1.82, 2.24) is 14.6 Å². The molecule has 1 saturated carbocycles. The number of pyridine rings is 1. The molecule has 0 atom stereocenters. The van der Waals surface area contributed by atoms with E-state index < -0.39 is 11.3 Å². The fraction of sp³-hybridized carbons (Fsp3) is 0.500. The van der Waals surface area contributed by atoms with E-state index in [9.17, 15) is 4.39 Å². The van der Waals surface area contributed by atoms with Gasteiger partial charge in [0.2, 0.25) is 0 Å². The first-order valence-corrected chi connectivity index (χ1v) is 13.2. The predicted molar refractivity (Wildman–Crippen MR) is 149 cm³/mol. The molecular formula is C30H41F2N5. The quantitative estimate of drug-likeness (QED) is 0.270. The number of nitrogens with two attached hydrogens (primary N) is 2. The van der Waals surface area contributed by atoms with E-state index >= 15 is 4.39 Å². The molecule has 4 rings (SSSR count). The van der Waals surface area contributed by atoms with E-state index in [-0.39, 0.29) is 37.6 Å². The molecule has 1 fully saturated rings. The fourth-order valence-corrected chi connectivity index (χ4v) is 5.33. The van der Waals surface area contributed by atoms with E-state index in [1.807, 2.05) is 16.8 Å². The average Bonchev–Trinajstić information content (AvgIpc) is 3.18. The van der Waals surface area contributed by atoms with Gasteiger partial charge in [-0.2, -0.15) is 0 Å². The molecule has 2 heterocycles. The zero-order valence-corrected chi connectivity index (χ0v) is 23.0. The van der Waals surface area contributed by atoms with Gasteiger partial charge < -0.3 is 15.3 Å². The summed E-state index contributed by atoms with van der Waals surface area (Å²) < 4.78 is 32.4. The van der Waals surface area contributed by atoms with Crippen molar-refractivity contribution in [3.8, 4) is 11.1 Å². The van der Waals surface area contributed by atoms with Crippen LogP contribution in [0.3, 0.4) is 0 Å². The lowest BCUT2D eigenvalue weighted by molar-refractivity contribution is 0.0132. The number of benzene rings is 1. The monoisotopic (exact) mass is 509 g/mol. The van der Waals surface area contributed by atoms with E-state index in [0.717, 1.165) is 34.1 Å². The molecule has 0 amide bonds. The van der Waals surface area contributed by atoms with Crippen molar-refractivity contribution in [3.05, 3.63) is 59.5 Å². The van der Waals surface area contributed by atoms with Crippen LogP contribution in [-0.4, -0.2) is 32.9 Å². The van der Waals surface area contributed by atoms with E-state index in [1.165, 1.54) is 10.6 Å². The summed E-state index contributed by atoms with van der Waals surface area (Å²) in [6.07, 6.45) is 5.63. The van der Waals surface area contributed by atoms with Gasteiger partial charge in [0.05, 0.1) is 23.3 Å². The summed E-state index contributed by atoms with van der Waals surface area (Å²) in [7, 11) is 1.73. The molecule has 0 aliphatic heterocycles. The molecule has 37 heavy (non-hydrogen) atoms. The number of hydrogen-bond donors (Lipinski definition) is 2. The Balaban J connectivity index is 1.82. The van der Waals surface area contributed by atoms with Crippen LogP contribution in [0.1, 0.15) is 77.8 Å². The Morgan fingerprint density at radius 1 is 1.14 bits per heavy atom. The van der Waals surface area contributed by atoms with Crippen LogP contribution in [0.25, 0.3) is 27.9 Å². The first-order chi connectivity index (χ1) is 17.3. The lowest BCUT2D eigenvalue weighted by Crippen LogP contribution is -2.38. The standard InChI is InChI=1S/C30H41F2N5/c1-7-28(3,4)23-10-8-21(9-11-23)24-18-37(19-30(32)14-12-29(5,31)13-15-30)25-16-22(17-35-26(24)25)27(20(2)33)36(6)34/h8-11,16-18H,7,12-15,19,33-34H2,1-6H3/b27-20-. The van der Waals surface area contributed by atoms with Crippen molar-refractivity contribution in [1.29, 1.82) is 0 Å². The van der Waals surface area contributed by atoms with Crippen LogP contribution in [0.5, 0.6) is 0 Å². The predicted octanol–water partition coefficient (Wildman–Crippen LogP) is 6.85. The first kappa shape index (κ1) is 27.1. The lowest BCUT2D eigenvalue weighted by Gasteiger charge is -2.36. The Morgan fingerprint density at radius 3 is 2.30 bits per heavy atom. The average molecular weight is 510 g/mol. The summed E-state index contributed by atoms with van der Waals surface area (Å²) in [6.45, 7) is 10.2. The minimum atomic E-state index is -1.48. The van der Waals surface area contributed by atoms with Gasteiger partial charge in [0.25, 0.3) is 0 Å². The van der Waals surface area contributed by atoms with Gasteiger partial charge in [-0.25, -0.2) is 14.6 Å². The Labute approximate surface area is 219 Å². The van der Waals surface area contributed by atoms with Crippen LogP contribution in [0.2, 0.25) is 0 Å². The number of rotatable bonds is 7. The first-order valence-electron chi connectivity index (χ1n) is 13.2. The number of hydrogen-bond acceptors (Lipinski definition) is 4. The molecule has 0 unspecified atom stereocenters. The summed E-state index contributed by atoms with van der Waals surface area (Å²) in [4.78, 5) is 4.81. The number of aromatic nitrogens is 2. The van der Waals surface area contributed by atoms with Gasteiger partial charge in [-0.1, -0.05) is 45.0 Å². The normalized spacial score (nSPS) is 23.3. The molecule has 2 aromatic heterocycles. The van der Waals surface area contributed by atoms with Gasteiger partial charge >= 0.3 is 0 Å². The number of halogens is 2. The zero-order chi connectivity index (χ0) is 27.2. The Bertz CT molecular complexity index is 1290. The molecule has 1 aliphatic rings. The molecule has 200 valence electrons. The minimum absolute atomic E-state index is 0.0866. The molecule has 1 aromatic carbocycles. The van der Waals surface area contributed by atoms with Crippen molar-refractivity contribution < 1.29 is 8.78 Å². The third kappa shape index (κ3) is 5.52. The van der Waals surface area contributed by atoms with Crippen LogP contribution in [0, 0.1) is 0 Å². The highest BCUT2D eigenvalue weighted by molar-refractivity contribution is 5.94. The van der Waals surface area contributed by atoms with E-state index in [0.29, 0.717) is 11.4 Å². The van der Waals surface area contributed by atoms with Crippen molar-refractivity contribution in [2.75, 3.05) is 7.05 Å². The largest absolute Gasteiger partial charge is 0.401 e. The Hall–Kier alpha value is -2.93.